The van der Waals surface area contributed by atoms with Gasteiger partial charge >= 0.3 is 5.97 Å². The van der Waals surface area contributed by atoms with E-state index < -0.39 is 5.97 Å². The molecule has 0 aromatic heterocycles. The maximum atomic E-state index is 12.9. The average molecular weight is 316 g/mol. The number of hydrogen-bond donors (Lipinski definition) is 2. The third-order valence-corrected chi connectivity index (χ3v) is 4.62. The minimum absolute atomic E-state index is 0.00254. The van der Waals surface area contributed by atoms with Gasteiger partial charge in [-0.15, -0.1) is 0 Å². The summed E-state index contributed by atoms with van der Waals surface area (Å²) in [5.41, 5.74) is 1.14. The molecule has 1 saturated carbocycles. The van der Waals surface area contributed by atoms with E-state index in [2.05, 4.69) is 5.32 Å². The summed E-state index contributed by atoms with van der Waals surface area (Å²) in [5, 5.41) is 12.1. The number of amides is 2. The Kier molecular flexibility index (Phi) is 4.07. The molecule has 1 aromatic rings. The summed E-state index contributed by atoms with van der Waals surface area (Å²) in [7, 11) is 0. The molecule has 0 spiro atoms. The molecule has 2 unspecified atom stereocenters. The van der Waals surface area contributed by atoms with Crippen LogP contribution in [0.25, 0.3) is 0 Å². The molecule has 1 saturated heterocycles. The van der Waals surface area contributed by atoms with Crippen molar-refractivity contribution < 1.29 is 19.5 Å². The van der Waals surface area contributed by atoms with Crippen molar-refractivity contribution >= 4 is 17.8 Å². The summed E-state index contributed by atoms with van der Waals surface area (Å²) in [5.74, 6) is -1.47. The number of rotatable bonds is 2. The summed E-state index contributed by atoms with van der Waals surface area (Å²) >= 11 is 0. The van der Waals surface area contributed by atoms with E-state index in [4.69, 9.17) is 5.11 Å². The van der Waals surface area contributed by atoms with Crippen LogP contribution >= 0.6 is 0 Å². The van der Waals surface area contributed by atoms with Gasteiger partial charge in [0.05, 0.1) is 11.6 Å². The molecule has 2 fully saturated rings. The van der Waals surface area contributed by atoms with Gasteiger partial charge in [0.1, 0.15) is 6.54 Å². The van der Waals surface area contributed by atoms with Crippen molar-refractivity contribution in [1.82, 2.24) is 10.2 Å². The molecule has 0 bridgehead atoms. The first-order valence-corrected chi connectivity index (χ1v) is 7.91. The van der Waals surface area contributed by atoms with E-state index in [1.807, 2.05) is 0 Å². The molecule has 2 atom stereocenters. The van der Waals surface area contributed by atoms with Crippen molar-refractivity contribution in [3.05, 3.63) is 34.9 Å². The van der Waals surface area contributed by atoms with Crippen LogP contribution < -0.4 is 5.32 Å². The van der Waals surface area contributed by atoms with E-state index in [1.165, 1.54) is 12.1 Å². The molecule has 1 aliphatic heterocycles. The van der Waals surface area contributed by atoms with Crippen LogP contribution in [-0.2, 0) is 4.79 Å². The molecule has 1 heterocycles. The standard InChI is InChI=1S/C17H20N2O4/c1-10-6-11(8-12(7-10)17(22)23)16(21)19-9-15(20)18-13-4-2-3-5-14(13)19/h6-8,13-14H,2-5,9H2,1H3,(H,18,20)(H,22,23). The Labute approximate surface area is 134 Å². The fourth-order valence-corrected chi connectivity index (χ4v) is 3.60. The molecule has 1 aliphatic carbocycles. The zero-order chi connectivity index (χ0) is 16.6. The van der Waals surface area contributed by atoms with Gasteiger partial charge in [-0.3, -0.25) is 9.59 Å². The van der Waals surface area contributed by atoms with Crippen LogP contribution in [0.2, 0.25) is 0 Å². The zero-order valence-corrected chi connectivity index (χ0v) is 13.0. The van der Waals surface area contributed by atoms with E-state index in [-0.39, 0.29) is 36.0 Å². The van der Waals surface area contributed by atoms with Crippen LogP contribution in [0.1, 0.15) is 52.0 Å². The molecule has 3 rings (SSSR count). The highest BCUT2D eigenvalue weighted by Gasteiger charge is 2.39. The molecular weight excluding hydrogens is 296 g/mol. The Morgan fingerprint density at radius 1 is 1.17 bits per heavy atom. The SMILES string of the molecule is Cc1cc(C(=O)O)cc(C(=O)N2CC(=O)NC3CCCCC32)c1. The van der Waals surface area contributed by atoms with Gasteiger partial charge in [-0.25, -0.2) is 4.79 Å². The summed E-state index contributed by atoms with van der Waals surface area (Å²) in [6.07, 6.45) is 3.84. The predicted octanol–water partition coefficient (Wildman–Crippen LogP) is 1.58. The van der Waals surface area contributed by atoms with Gasteiger partial charge in [-0.2, -0.15) is 0 Å². The minimum atomic E-state index is -1.06. The molecule has 6 heteroatoms. The predicted molar refractivity (Wildman–Crippen MR) is 83.4 cm³/mol. The number of carboxylic acid groups (broad SMARTS) is 1. The monoisotopic (exact) mass is 316 g/mol. The number of piperazine rings is 1. The Morgan fingerprint density at radius 2 is 1.87 bits per heavy atom. The highest BCUT2D eigenvalue weighted by atomic mass is 16.4. The quantitative estimate of drug-likeness (QED) is 0.867. The molecule has 23 heavy (non-hydrogen) atoms. The van der Waals surface area contributed by atoms with Crippen molar-refractivity contribution in [3.8, 4) is 0 Å². The largest absolute Gasteiger partial charge is 0.478 e. The summed E-state index contributed by atoms with van der Waals surface area (Å²) in [4.78, 5) is 37.6. The fraction of sp³-hybridized carbons (Fsp3) is 0.471. The Hall–Kier alpha value is -2.37. The normalized spacial score (nSPS) is 23.9. The highest BCUT2D eigenvalue weighted by Crippen LogP contribution is 2.27. The Morgan fingerprint density at radius 3 is 2.61 bits per heavy atom. The number of carbonyl (C=O) groups excluding carboxylic acids is 2. The first-order chi connectivity index (χ1) is 11.0. The molecule has 2 amide bonds. The van der Waals surface area contributed by atoms with E-state index >= 15 is 0 Å². The van der Waals surface area contributed by atoms with Crippen molar-refractivity contribution in [2.45, 2.75) is 44.7 Å². The number of carboxylic acids is 1. The van der Waals surface area contributed by atoms with Gasteiger partial charge in [0, 0.05) is 11.6 Å². The lowest BCUT2D eigenvalue weighted by Crippen LogP contribution is -2.62. The zero-order valence-electron chi connectivity index (χ0n) is 13.0. The van der Waals surface area contributed by atoms with Crippen LogP contribution in [0, 0.1) is 6.92 Å². The van der Waals surface area contributed by atoms with Gasteiger partial charge in [0.2, 0.25) is 5.91 Å². The van der Waals surface area contributed by atoms with Crippen molar-refractivity contribution in [1.29, 1.82) is 0 Å². The lowest BCUT2D eigenvalue weighted by Gasteiger charge is -2.44. The summed E-state index contributed by atoms with van der Waals surface area (Å²) in [6.45, 7) is 1.80. The lowest BCUT2D eigenvalue weighted by atomic mass is 9.87. The third-order valence-electron chi connectivity index (χ3n) is 4.62. The van der Waals surface area contributed by atoms with Crippen molar-refractivity contribution in [2.24, 2.45) is 0 Å². The molecule has 0 radical (unpaired) electrons. The number of nitrogens with zero attached hydrogens (tertiary/aromatic N) is 1. The molecule has 122 valence electrons. The smallest absolute Gasteiger partial charge is 0.335 e. The molecule has 2 aliphatic rings. The maximum absolute atomic E-state index is 12.9. The number of fused-ring (bicyclic) bond motifs is 1. The number of carbonyl (C=O) groups is 3. The lowest BCUT2D eigenvalue weighted by molar-refractivity contribution is -0.127. The number of aryl methyl sites for hydroxylation is 1. The first kappa shape index (κ1) is 15.5. The van der Waals surface area contributed by atoms with Crippen LogP contribution in [-0.4, -0.2) is 46.4 Å². The minimum Gasteiger partial charge on any atom is -0.478 e. The first-order valence-electron chi connectivity index (χ1n) is 7.91. The molecule has 6 nitrogen and oxygen atoms in total. The van der Waals surface area contributed by atoms with E-state index in [9.17, 15) is 14.4 Å². The number of nitrogens with one attached hydrogen (secondary N) is 1. The van der Waals surface area contributed by atoms with Gasteiger partial charge < -0.3 is 15.3 Å². The maximum Gasteiger partial charge on any atom is 0.335 e. The second-order valence-corrected chi connectivity index (χ2v) is 6.35. The van der Waals surface area contributed by atoms with Crippen LogP contribution in [0.15, 0.2) is 18.2 Å². The van der Waals surface area contributed by atoms with Crippen LogP contribution in [0.4, 0.5) is 0 Å². The Balaban J connectivity index is 1.92. The van der Waals surface area contributed by atoms with Crippen LogP contribution in [0.3, 0.4) is 0 Å². The Bertz CT molecular complexity index is 671. The highest BCUT2D eigenvalue weighted by molar-refractivity contribution is 6.00. The van der Waals surface area contributed by atoms with Crippen molar-refractivity contribution in [2.75, 3.05) is 6.54 Å². The van der Waals surface area contributed by atoms with Gasteiger partial charge in [0.15, 0.2) is 0 Å². The van der Waals surface area contributed by atoms with Crippen LogP contribution in [0.5, 0.6) is 0 Å². The third kappa shape index (κ3) is 3.06. The second-order valence-electron chi connectivity index (χ2n) is 6.35. The van der Waals surface area contributed by atoms with E-state index in [0.29, 0.717) is 5.56 Å². The molecule has 2 N–H and O–H groups in total. The number of hydrogen-bond acceptors (Lipinski definition) is 3. The van der Waals surface area contributed by atoms with Gasteiger partial charge in [-0.05, 0) is 43.5 Å². The number of benzene rings is 1. The summed E-state index contributed by atoms with van der Waals surface area (Å²) < 4.78 is 0. The average Bonchev–Trinajstić information content (AvgIpc) is 2.52. The fourth-order valence-electron chi connectivity index (χ4n) is 3.60. The van der Waals surface area contributed by atoms with E-state index in [1.54, 1.807) is 17.9 Å². The van der Waals surface area contributed by atoms with E-state index in [0.717, 1.165) is 31.2 Å². The number of aromatic carboxylic acids is 1. The van der Waals surface area contributed by atoms with Gasteiger partial charge in [-0.1, -0.05) is 12.8 Å². The molecule has 1 aromatic carbocycles. The van der Waals surface area contributed by atoms with Crippen molar-refractivity contribution in [3.63, 3.8) is 0 Å². The summed E-state index contributed by atoms with van der Waals surface area (Å²) in [6, 6.07) is 4.62. The topological polar surface area (TPSA) is 86.7 Å². The second kappa shape index (κ2) is 6.02. The molecular formula is C17H20N2O4. The van der Waals surface area contributed by atoms with Gasteiger partial charge in [0.25, 0.3) is 5.91 Å².